The van der Waals surface area contributed by atoms with E-state index in [2.05, 4.69) is 4.84 Å². The van der Waals surface area contributed by atoms with Gasteiger partial charge in [0.25, 0.3) is 0 Å². The van der Waals surface area contributed by atoms with Gasteiger partial charge in [-0.05, 0) is 12.8 Å². The van der Waals surface area contributed by atoms with E-state index in [-0.39, 0.29) is 6.29 Å². The van der Waals surface area contributed by atoms with Crippen molar-refractivity contribution in [2.45, 2.75) is 25.6 Å². The molecule has 0 spiro atoms. The second-order valence-corrected chi connectivity index (χ2v) is 1.93. The first-order valence-electron chi connectivity index (χ1n) is 2.90. The van der Waals surface area contributed by atoms with Gasteiger partial charge in [-0.2, -0.15) is 0 Å². The summed E-state index contributed by atoms with van der Waals surface area (Å²) in [7, 11) is 0. The molecular weight excluding hydrogens is 106 g/mol. The molecule has 0 aromatic carbocycles. The predicted molar refractivity (Wildman–Crippen MR) is 28.9 cm³/mol. The minimum Gasteiger partial charge on any atom is -0.351 e. The molecule has 0 amide bonds. The third-order valence-electron chi connectivity index (χ3n) is 1.29. The van der Waals surface area contributed by atoms with Crippen LogP contribution < -0.4 is 5.90 Å². The van der Waals surface area contributed by atoms with Gasteiger partial charge in [-0.3, -0.25) is 4.84 Å². The molecule has 1 fully saturated rings. The molecule has 3 nitrogen and oxygen atoms in total. The summed E-state index contributed by atoms with van der Waals surface area (Å²) in [6.45, 7) is 0.794. The van der Waals surface area contributed by atoms with Gasteiger partial charge in [0.15, 0.2) is 6.29 Å². The van der Waals surface area contributed by atoms with Gasteiger partial charge in [-0.15, -0.1) is 0 Å². The van der Waals surface area contributed by atoms with Crippen molar-refractivity contribution in [1.82, 2.24) is 0 Å². The summed E-state index contributed by atoms with van der Waals surface area (Å²) in [5.74, 6) is 4.88. The highest BCUT2D eigenvalue weighted by molar-refractivity contribution is 4.51. The average molecular weight is 117 g/mol. The summed E-state index contributed by atoms with van der Waals surface area (Å²) in [5.41, 5.74) is 0. The smallest absolute Gasteiger partial charge is 0.176 e. The largest absolute Gasteiger partial charge is 0.351 e. The van der Waals surface area contributed by atoms with E-state index in [1.54, 1.807) is 0 Å². The molecule has 8 heavy (non-hydrogen) atoms. The molecule has 1 aliphatic rings. The van der Waals surface area contributed by atoms with Gasteiger partial charge in [0.1, 0.15) is 0 Å². The number of hydrogen-bond donors (Lipinski definition) is 1. The Morgan fingerprint density at radius 1 is 1.50 bits per heavy atom. The Morgan fingerprint density at radius 3 is 2.75 bits per heavy atom. The molecule has 0 bridgehead atoms. The molecule has 0 saturated carbocycles. The third kappa shape index (κ3) is 1.43. The van der Waals surface area contributed by atoms with Crippen molar-refractivity contribution >= 4 is 0 Å². The van der Waals surface area contributed by atoms with Crippen molar-refractivity contribution in [3.8, 4) is 0 Å². The Kier molecular flexibility index (Phi) is 2.27. The maximum atomic E-state index is 5.08. The standard InChI is InChI=1S/C5H11NO2/c6-8-5-3-1-2-4-7-5/h5H,1-4,6H2/t5-/m0/s1. The SMILES string of the molecule is NO[C@H]1CCCCO1. The van der Waals surface area contributed by atoms with Gasteiger partial charge in [0.2, 0.25) is 0 Å². The lowest BCUT2D eigenvalue weighted by Gasteiger charge is -2.19. The van der Waals surface area contributed by atoms with Gasteiger partial charge < -0.3 is 4.74 Å². The quantitative estimate of drug-likeness (QED) is 0.506. The molecule has 0 aromatic heterocycles. The van der Waals surface area contributed by atoms with E-state index >= 15 is 0 Å². The van der Waals surface area contributed by atoms with E-state index in [4.69, 9.17) is 10.6 Å². The fourth-order valence-corrected chi connectivity index (χ4v) is 0.819. The van der Waals surface area contributed by atoms with E-state index in [1.807, 2.05) is 0 Å². The van der Waals surface area contributed by atoms with Crippen LogP contribution in [0.4, 0.5) is 0 Å². The normalized spacial score (nSPS) is 30.4. The van der Waals surface area contributed by atoms with E-state index in [1.165, 1.54) is 6.42 Å². The lowest BCUT2D eigenvalue weighted by molar-refractivity contribution is -0.164. The molecule has 0 aliphatic carbocycles. The maximum Gasteiger partial charge on any atom is 0.176 e. The van der Waals surface area contributed by atoms with E-state index in [9.17, 15) is 0 Å². The first-order chi connectivity index (χ1) is 3.93. The summed E-state index contributed by atoms with van der Waals surface area (Å²) in [6, 6.07) is 0. The highest BCUT2D eigenvalue weighted by atomic mass is 16.7. The van der Waals surface area contributed by atoms with Gasteiger partial charge in [-0.1, -0.05) is 0 Å². The van der Waals surface area contributed by atoms with Crippen molar-refractivity contribution < 1.29 is 9.57 Å². The monoisotopic (exact) mass is 117 g/mol. The Morgan fingerprint density at radius 2 is 2.38 bits per heavy atom. The third-order valence-corrected chi connectivity index (χ3v) is 1.29. The average Bonchev–Trinajstić information content (AvgIpc) is 1.90. The molecule has 1 atom stereocenters. The summed E-state index contributed by atoms with van der Waals surface area (Å²) in [6.07, 6.45) is 3.11. The highest BCUT2D eigenvalue weighted by Crippen LogP contribution is 2.11. The van der Waals surface area contributed by atoms with Gasteiger partial charge >= 0.3 is 0 Å². The summed E-state index contributed by atoms with van der Waals surface area (Å²) >= 11 is 0. The first kappa shape index (κ1) is 6.01. The predicted octanol–water partition coefficient (Wildman–Crippen LogP) is 0.403. The Balaban J connectivity index is 2.13. The molecule has 0 radical (unpaired) electrons. The Hall–Kier alpha value is -0.120. The lowest BCUT2D eigenvalue weighted by atomic mass is 10.2. The first-order valence-corrected chi connectivity index (χ1v) is 2.90. The topological polar surface area (TPSA) is 44.5 Å². The number of nitrogens with two attached hydrogens (primary N) is 1. The van der Waals surface area contributed by atoms with Crippen LogP contribution in [-0.2, 0) is 9.57 Å². The van der Waals surface area contributed by atoms with E-state index < -0.39 is 0 Å². The zero-order valence-electron chi connectivity index (χ0n) is 4.80. The summed E-state index contributed by atoms with van der Waals surface area (Å²) < 4.78 is 5.08. The van der Waals surface area contributed by atoms with Crippen molar-refractivity contribution in [2.24, 2.45) is 5.90 Å². The van der Waals surface area contributed by atoms with E-state index in [0.29, 0.717) is 0 Å². The fourth-order valence-electron chi connectivity index (χ4n) is 0.819. The Bertz CT molecular complexity index is 61.4. The fraction of sp³-hybridized carbons (Fsp3) is 1.00. The summed E-state index contributed by atoms with van der Waals surface area (Å²) in [4.78, 5) is 4.47. The van der Waals surface area contributed by atoms with Crippen LogP contribution >= 0.6 is 0 Å². The molecule has 1 heterocycles. The van der Waals surface area contributed by atoms with Crippen LogP contribution in [0.1, 0.15) is 19.3 Å². The molecule has 0 unspecified atom stereocenters. The second kappa shape index (κ2) is 3.02. The molecule has 0 aromatic rings. The zero-order valence-corrected chi connectivity index (χ0v) is 4.80. The van der Waals surface area contributed by atoms with E-state index in [0.717, 1.165) is 19.4 Å². The second-order valence-electron chi connectivity index (χ2n) is 1.93. The van der Waals surface area contributed by atoms with Crippen molar-refractivity contribution in [1.29, 1.82) is 0 Å². The van der Waals surface area contributed by atoms with Crippen molar-refractivity contribution in [3.05, 3.63) is 0 Å². The molecular formula is C5H11NO2. The minimum absolute atomic E-state index is 0.135. The Labute approximate surface area is 48.7 Å². The lowest BCUT2D eigenvalue weighted by Crippen LogP contribution is -2.24. The maximum absolute atomic E-state index is 5.08. The minimum atomic E-state index is -0.135. The van der Waals surface area contributed by atoms with Crippen LogP contribution in [0.2, 0.25) is 0 Å². The molecule has 1 aliphatic heterocycles. The van der Waals surface area contributed by atoms with Gasteiger partial charge in [0.05, 0.1) is 0 Å². The molecule has 3 heteroatoms. The van der Waals surface area contributed by atoms with Crippen molar-refractivity contribution in [3.63, 3.8) is 0 Å². The van der Waals surface area contributed by atoms with Crippen LogP contribution in [0, 0.1) is 0 Å². The van der Waals surface area contributed by atoms with Crippen LogP contribution in [0.25, 0.3) is 0 Å². The zero-order chi connectivity index (χ0) is 5.82. The summed E-state index contributed by atoms with van der Waals surface area (Å²) in [5, 5.41) is 0. The van der Waals surface area contributed by atoms with Crippen LogP contribution in [0.15, 0.2) is 0 Å². The highest BCUT2D eigenvalue weighted by Gasteiger charge is 2.11. The van der Waals surface area contributed by atoms with Crippen LogP contribution in [0.5, 0.6) is 0 Å². The number of ether oxygens (including phenoxy) is 1. The van der Waals surface area contributed by atoms with Crippen molar-refractivity contribution in [2.75, 3.05) is 6.61 Å². The van der Waals surface area contributed by atoms with Crippen LogP contribution in [-0.4, -0.2) is 12.9 Å². The number of hydrogen-bond acceptors (Lipinski definition) is 3. The number of rotatable bonds is 1. The molecule has 48 valence electrons. The molecule has 1 rings (SSSR count). The van der Waals surface area contributed by atoms with Crippen LogP contribution in [0.3, 0.4) is 0 Å². The van der Waals surface area contributed by atoms with Gasteiger partial charge in [0, 0.05) is 13.0 Å². The van der Waals surface area contributed by atoms with Gasteiger partial charge in [-0.25, -0.2) is 5.90 Å². The molecule has 1 saturated heterocycles. The molecule has 2 N–H and O–H groups in total.